The summed E-state index contributed by atoms with van der Waals surface area (Å²) in [6, 6.07) is 5.49. The van der Waals surface area contributed by atoms with Gasteiger partial charge >= 0.3 is 0 Å². The Labute approximate surface area is 99.1 Å². The minimum Gasteiger partial charge on any atom is -0.388 e. The normalized spacial score (nSPS) is 12.7. The monoisotopic (exact) mass is 236 g/mol. The van der Waals surface area contributed by atoms with Gasteiger partial charge in [-0.05, 0) is 30.2 Å². The first-order valence-corrected chi connectivity index (χ1v) is 5.47. The van der Waals surface area contributed by atoms with Crippen LogP contribution in [-0.4, -0.2) is 15.1 Å². The minimum absolute atomic E-state index is 0.482. The van der Waals surface area contributed by atoms with Crippen LogP contribution in [0, 0.1) is 6.92 Å². The lowest BCUT2D eigenvalue weighted by Crippen LogP contribution is -2.05. The Bertz CT molecular complexity index is 468. The zero-order valence-corrected chi connectivity index (χ0v) is 9.70. The Morgan fingerprint density at radius 3 is 2.94 bits per heavy atom. The van der Waals surface area contributed by atoms with Crippen LogP contribution in [0.5, 0.6) is 0 Å². The number of hydrogen-bond acceptors (Lipinski definition) is 2. The molecule has 2 rings (SSSR count). The molecule has 4 heteroatoms. The molecule has 3 nitrogen and oxygen atoms in total. The van der Waals surface area contributed by atoms with Gasteiger partial charge in [0.05, 0.1) is 6.10 Å². The van der Waals surface area contributed by atoms with Crippen molar-refractivity contribution in [3.8, 4) is 0 Å². The predicted molar refractivity (Wildman–Crippen MR) is 63.4 cm³/mol. The first-order valence-electron chi connectivity index (χ1n) is 5.09. The molecule has 0 amide bonds. The summed E-state index contributed by atoms with van der Waals surface area (Å²) in [6.45, 7) is 1.94. The molecule has 1 aromatic carbocycles. The molecular formula is C12H13ClN2O. The average Bonchev–Trinajstić information content (AvgIpc) is 2.70. The van der Waals surface area contributed by atoms with Crippen molar-refractivity contribution in [2.75, 3.05) is 0 Å². The van der Waals surface area contributed by atoms with E-state index in [9.17, 15) is 5.11 Å². The second kappa shape index (κ2) is 4.68. The topological polar surface area (TPSA) is 48.9 Å². The van der Waals surface area contributed by atoms with E-state index in [1.807, 2.05) is 19.1 Å². The number of nitrogens with zero attached hydrogens (tertiary/aromatic N) is 1. The molecule has 2 N–H and O–H groups in total. The smallest absolute Gasteiger partial charge is 0.108 e. The summed E-state index contributed by atoms with van der Waals surface area (Å²) in [7, 11) is 0. The van der Waals surface area contributed by atoms with Crippen molar-refractivity contribution in [1.29, 1.82) is 0 Å². The lowest BCUT2D eigenvalue weighted by atomic mass is 10.0. The van der Waals surface area contributed by atoms with E-state index < -0.39 is 6.10 Å². The summed E-state index contributed by atoms with van der Waals surface area (Å²) >= 11 is 5.86. The van der Waals surface area contributed by atoms with Crippen LogP contribution in [0.4, 0.5) is 0 Å². The van der Waals surface area contributed by atoms with Gasteiger partial charge in [0, 0.05) is 23.8 Å². The first-order chi connectivity index (χ1) is 7.66. The molecule has 0 aliphatic carbocycles. The van der Waals surface area contributed by atoms with Crippen molar-refractivity contribution in [3.05, 3.63) is 52.6 Å². The van der Waals surface area contributed by atoms with E-state index in [1.165, 1.54) is 0 Å². The molecule has 16 heavy (non-hydrogen) atoms. The predicted octanol–water partition coefficient (Wildman–Crippen LogP) is 2.65. The fourth-order valence-electron chi connectivity index (χ4n) is 1.72. The van der Waals surface area contributed by atoms with E-state index in [0.717, 1.165) is 17.0 Å². The van der Waals surface area contributed by atoms with Crippen LogP contribution < -0.4 is 0 Å². The van der Waals surface area contributed by atoms with Gasteiger partial charge in [-0.1, -0.05) is 17.7 Å². The Kier molecular flexibility index (Phi) is 3.27. The summed E-state index contributed by atoms with van der Waals surface area (Å²) in [5, 5.41) is 10.7. The number of aromatic amines is 1. The van der Waals surface area contributed by atoms with E-state index in [2.05, 4.69) is 9.97 Å². The molecule has 0 saturated carbocycles. The maximum atomic E-state index is 10.1. The minimum atomic E-state index is -0.552. The lowest BCUT2D eigenvalue weighted by Gasteiger charge is -2.12. The Hall–Kier alpha value is -1.32. The fraction of sp³-hybridized carbons (Fsp3) is 0.250. The van der Waals surface area contributed by atoms with Gasteiger partial charge in [0.2, 0.25) is 0 Å². The third-order valence-electron chi connectivity index (χ3n) is 2.53. The largest absolute Gasteiger partial charge is 0.388 e. The molecule has 1 unspecified atom stereocenters. The van der Waals surface area contributed by atoms with E-state index >= 15 is 0 Å². The maximum Gasteiger partial charge on any atom is 0.108 e. The number of aliphatic hydroxyl groups excluding tert-OH is 1. The van der Waals surface area contributed by atoms with Gasteiger partial charge in [0.25, 0.3) is 0 Å². The summed E-state index contributed by atoms with van der Waals surface area (Å²) in [5.74, 6) is 0.779. The van der Waals surface area contributed by atoms with Gasteiger partial charge in [0.15, 0.2) is 0 Å². The molecule has 1 atom stereocenters. The van der Waals surface area contributed by atoms with Crippen molar-refractivity contribution in [2.45, 2.75) is 19.4 Å². The summed E-state index contributed by atoms with van der Waals surface area (Å²) in [6.07, 6.45) is 3.35. The van der Waals surface area contributed by atoms with Gasteiger partial charge in [0.1, 0.15) is 5.82 Å². The number of rotatable bonds is 3. The van der Waals surface area contributed by atoms with Crippen LogP contribution in [0.2, 0.25) is 5.02 Å². The highest BCUT2D eigenvalue weighted by atomic mass is 35.5. The van der Waals surface area contributed by atoms with Crippen LogP contribution in [0.1, 0.15) is 23.1 Å². The highest BCUT2D eigenvalue weighted by Crippen LogP contribution is 2.23. The third kappa shape index (κ3) is 2.43. The zero-order valence-electron chi connectivity index (χ0n) is 8.94. The SMILES string of the molecule is Cc1cc(Cl)ccc1C(O)Cc1ncc[nH]1. The van der Waals surface area contributed by atoms with Gasteiger partial charge in [-0.15, -0.1) is 0 Å². The van der Waals surface area contributed by atoms with Crippen molar-refractivity contribution < 1.29 is 5.11 Å². The molecule has 1 aromatic heterocycles. The molecule has 0 aliphatic heterocycles. The molecule has 0 saturated heterocycles. The number of halogens is 1. The van der Waals surface area contributed by atoms with E-state index in [4.69, 9.17) is 11.6 Å². The van der Waals surface area contributed by atoms with Gasteiger partial charge < -0.3 is 10.1 Å². The van der Waals surface area contributed by atoms with E-state index in [1.54, 1.807) is 18.5 Å². The number of aromatic nitrogens is 2. The molecule has 84 valence electrons. The fourth-order valence-corrected chi connectivity index (χ4v) is 1.94. The number of nitrogens with one attached hydrogen (secondary N) is 1. The summed E-state index contributed by atoms with van der Waals surface area (Å²) in [5.41, 5.74) is 1.88. The first kappa shape index (κ1) is 11.2. The van der Waals surface area contributed by atoms with Crippen molar-refractivity contribution in [2.24, 2.45) is 0 Å². The average molecular weight is 237 g/mol. The molecule has 0 bridgehead atoms. The van der Waals surface area contributed by atoms with E-state index in [0.29, 0.717) is 11.4 Å². The van der Waals surface area contributed by atoms with E-state index in [-0.39, 0.29) is 0 Å². The van der Waals surface area contributed by atoms with Crippen molar-refractivity contribution >= 4 is 11.6 Å². The number of aliphatic hydroxyl groups is 1. The third-order valence-corrected chi connectivity index (χ3v) is 2.77. The van der Waals surface area contributed by atoms with Crippen LogP contribution in [0.15, 0.2) is 30.6 Å². The zero-order chi connectivity index (χ0) is 11.5. The van der Waals surface area contributed by atoms with Gasteiger partial charge in [-0.25, -0.2) is 4.98 Å². The number of hydrogen-bond donors (Lipinski definition) is 2. The Balaban J connectivity index is 2.17. The highest BCUT2D eigenvalue weighted by molar-refractivity contribution is 6.30. The quantitative estimate of drug-likeness (QED) is 0.861. The summed E-state index contributed by atoms with van der Waals surface area (Å²) < 4.78 is 0. The lowest BCUT2D eigenvalue weighted by molar-refractivity contribution is 0.175. The van der Waals surface area contributed by atoms with Crippen molar-refractivity contribution in [3.63, 3.8) is 0 Å². The van der Waals surface area contributed by atoms with Crippen LogP contribution >= 0.6 is 11.6 Å². The van der Waals surface area contributed by atoms with Crippen LogP contribution in [0.3, 0.4) is 0 Å². The standard InChI is InChI=1S/C12H13ClN2O/c1-8-6-9(13)2-3-10(8)11(16)7-12-14-4-5-15-12/h2-6,11,16H,7H2,1H3,(H,14,15). The molecule has 1 heterocycles. The number of benzene rings is 1. The second-order valence-electron chi connectivity index (χ2n) is 3.76. The highest BCUT2D eigenvalue weighted by Gasteiger charge is 2.12. The molecule has 0 spiro atoms. The van der Waals surface area contributed by atoms with Crippen LogP contribution in [-0.2, 0) is 6.42 Å². The Morgan fingerprint density at radius 2 is 2.31 bits per heavy atom. The molecule has 0 fully saturated rings. The second-order valence-corrected chi connectivity index (χ2v) is 4.19. The number of H-pyrrole nitrogens is 1. The summed E-state index contributed by atoms with van der Waals surface area (Å²) in [4.78, 5) is 7.06. The van der Waals surface area contributed by atoms with Crippen molar-refractivity contribution in [1.82, 2.24) is 9.97 Å². The molecule has 0 radical (unpaired) electrons. The van der Waals surface area contributed by atoms with Crippen LogP contribution in [0.25, 0.3) is 0 Å². The molecule has 0 aliphatic rings. The maximum absolute atomic E-state index is 10.1. The number of aryl methyl sites for hydroxylation is 1. The Morgan fingerprint density at radius 1 is 1.50 bits per heavy atom. The molecular weight excluding hydrogens is 224 g/mol. The number of imidazole rings is 1. The molecule has 2 aromatic rings. The van der Waals surface area contributed by atoms with Gasteiger partial charge in [-0.3, -0.25) is 0 Å². The van der Waals surface area contributed by atoms with Gasteiger partial charge in [-0.2, -0.15) is 0 Å².